The normalized spacial score (nSPS) is 10.6. The van der Waals surface area contributed by atoms with Crippen molar-refractivity contribution in [2.45, 2.75) is 20.3 Å². The Hall–Kier alpha value is -0.740. The quantitative estimate of drug-likeness (QED) is 0.783. The highest BCUT2D eigenvalue weighted by Crippen LogP contribution is 2.25. The van der Waals surface area contributed by atoms with E-state index in [0.717, 1.165) is 22.5 Å². The zero-order valence-corrected chi connectivity index (χ0v) is 11.0. The molecule has 0 N–H and O–H groups in total. The molecule has 0 aliphatic rings. The molecule has 0 spiro atoms. The van der Waals surface area contributed by atoms with Crippen LogP contribution in [0.4, 0.5) is 0 Å². The highest BCUT2D eigenvalue weighted by molar-refractivity contribution is 9.10. The molecule has 0 amide bonds. The van der Waals surface area contributed by atoms with Gasteiger partial charge in [-0.15, -0.1) is 11.3 Å². The van der Waals surface area contributed by atoms with Crippen LogP contribution in [0.2, 0.25) is 0 Å². The minimum atomic E-state index is 0.855. The monoisotopic (exact) mass is 282 g/mol. The molecule has 0 fully saturated rings. The van der Waals surface area contributed by atoms with Crippen LogP contribution in [-0.2, 0) is 6.42 Å². The standard InChI is InChI=1S/C11H11BrN2S/c1-3-11-13-9(5-10(12)14-11)8-4-7(2)15-6-8/h4-6H,3H2,1-2H3. The molecule has 0 aliphatic carbocycles. The first kappa shape index (κ1) is 10.8. The van der Waals surface area contributed by atoms with E-state index in [0.29, 0.717) is 0 Å². The van der Waals surface area contributed by atoms with E-state index in [1.807, 2.05) is 6.07 Å². The number of thiophene rings is 1. The first-order valence-corrected chi connectivity index (χ1v) is 6.45. The van der Waals surface area contributed by atoms with E-state index in [2.05, 4.69) is 51.2 Å². The summed E-state index contributed by atoms with van der Waals surface area (Å²) in [5.74, 6) is 0.878. The van der Waals surface area contributed by atoms with Gasteiger partial charge in [-0.1, -0.05) is 6.92 Å². The van der Waals surface area contributed by atoms with Crippen molar-refractivity contribution in [2.75, 3.05) is 0 Å². The summed E-state index contributed by atoms with van der Waals surface area (Å²) in [6, 6.07) is 4.11. The molecule has 2 aromatic heterocycles. The lowest BCUT2D eigenvalue weighted by Gasteiger charge is -2.01. The molecule has 2 rings (SSSR count). The SMILES string of the molecule is CCc1nc(Br)cc(-c2csc(C)c2)n1. The Morgan fingerprint density at radius 2 is 2.13 bits per heavy atom. The van der Waals surface area contributed by atoms with Crippen molar-refractivity contribution in [3.8, 4) is 11.3 Å². The molecule has 0 aliphatic heterocycles. The lowest BCUT2D eigenvalue weighted by Crippen LogP contribution is -1.94. The van der Waals surface area contributed by atoms with Crippen LogP contribution in [0.25, 0.3) is 11.3 Å². The summed E-state index contributed by atoms with van der Waals surface area (Å²) in [5.41, 5.74) is 2.17. The van der Waals surface area contributed by atoms with E-state index >= 15 is 0 Å². The first-order chi connectivity index (χ1) is 7.19. The van der Waals surface area contributed by atoms with Gasteiger partial charge in [-0.3, -0.25) is 0 Å². The van der Waals surface area contributed by atoms with Crippen molar-refractivity contribution in [3.63, 3.8) is 0 Å². The molecule has 2 nitrogen and oxygen atoms in total. The van der Waals surface area contributed by atoms with Gasteiger partial charge in [0.1, 0.15) is 10.4 Å². The van der Waals surface area contributed by atoms with Gasteiger partial charge in [-0.2, -0.15) is 0 Å². The topological polar surface area (TPSA) is 25.8 Å². The molecule has 2 heterocycles. The van der Waals surface area contributed by atoms with Gasteiger partial charge in [0.25, 0.3) is 0 Å². The Bertz CT molecular complexity index is 479. The largest absolute Gasteiger partial charge is 0.233 e. The fourth-order valence-corrected chi connectivity index (χ4v) is 2.47. The first-order valence-electron chi connectivity index (χ1n) is 4.78. The van der Waals surface area contributed by atoms with Gasteiger partial charge in [-0.25, -0.2) is 9.97 Å². The van der Waals surface area contributed by atoms with Gasteiger partial charge >= 0.3 is 0 Å². The van der Waals surface area contributed by atoms with E-state index in [1.54, 1.807) is 11.3 Å². The molecule has 0 radical (unpaired) electrons. The van der Waals surface area contributed by atoms with Gasteiger partial charge in [0.15, 0.2) is 0 Å². The highest BCUT2D eigenvalue weighted by atomic mass is 79.9. The average Bonchev–Trinajstić information content (AvgIpc) is 2.64. The maximum Gasteiger partial charge on any atom is 0.130 e. The van der Waals surface area contributed by atoms with Gasteiger partial charge in [0, 0.05) is 22.2 Å². The van der Waals surface area contributed by atoms with Crippen molar-refractivity contribution in [2.24, 2.45) is 0 Å². The van der Waals surface area contributed by atoms with Crippen LogP contribution in [0.15, 0.2) is 22.1 Å². The second-order valence-corrected chi connectivity index (χ2v) is 5.22. The predicted molar refractivity (Wildman–Crippen MR) is 67.2 cm³/mol. The van der Waals surface area contributed by atoms with Crippen molar-refractivity contribution in [1.82, 2.24) is 9.97 Å². The summed E-state index contributed by atoms with van der Waals surface area (Å²) in [4.78, 5) is 10.1. The number of rotatable bonds is 2. The lowest BCUT2D eigenvalue weighted by molar-refractivity contribution is 0.932. The van der Waals surface area contributed by atoms with Gasteiger partial charge in [0.05, 0.1) is 5.69 Å². The summed E-state index contributed by atoms with van der Waals surface area (Å²) in [6.07, 6.45) is 0.857. The number of hydrogen-bond donors (Lipinski definition) is 0. The van der Waals surface area contributed by atoms with Crippen LogP contribution < -0.4 is 0 Å². The van der Waals surface area contributed by atoms with Crippen molar-refractivity contribution in [1.29, 1.82) is 0 Å². The molecule has 0 atom stereocenters. The molecule has 0 aromatic carbocycles. The number of aromatic nitrogens is 2. The highest BCUT2D eigenvalue weighted by Gasteiger charge is 2.05. The molecule has 0 saturated carbocycles. The third-order valence-corrected chi connectivity index (χ3v) is 3.35. The molecule has 4 heteroatoms. The summed E-state index contributed by atoms with van der Waals surface area (Å²) >= 11 is 5.15. The van der Waals surface area contributed by atoms with Crippen LogP contribution >= 0.6 is 27.3 Å². The van der Waals surface area contributed by atoms with Crippen molar-refractivity contribution >= 4 is 27.3 Å². The molecule has 0 saturated heterocycles. The Labute approximate surface area is 102 Å². The second kappa shape index (κ2) is 4.41. The molecule has 15 heavy (non-hydrogen) atoms. The van der Waals surface area contributed by atoms with Gasteiger partial charge in [0.2, 0.25) is 0 Å². The fourth-order valence-electron chi connectivity index (χ4n) is 1.35. The molecule has 0 bridgehead atoms. The minimum Gasteiger partial charge on any atom is -0.233 e. The zero-order valence-electron chi connectivity index (χ0n) is 8.62. The van der Waals surface area contributed by atoms with Crippen LogP contribution in [-0.4, -0.2) is 9.97 Å². The molecule has 2 aromatic rings. The van der Waals surface area contributed by atoms with Gasteiger partial charge < -0.3 is 0 Å². The van der Waals surface area contributed by atoms with E-state index < -0.39 is 0 Å². The average molecular weight is 283 g/mol. The number of nitrogens with zero attached hydrogens (tertiary/aromatic N) is 2. The Morgan fingerprint density at radius 3 is 2.73 bits per heavy atom. The molecule has 78 valence electrons. The Kier molecular flexibility index (Phi) is 3.17. The molecular formula is C11H11BrN2S. The fraction of sp³-hybridized carbons (Fsp3) is 0.273. The lowest BCUT2D eigenvalue weighted by atomic mass is 10.2. The van der Waals surface area contributed by atoms with Crippen molar-refractivity contribution in [3.05, 3.63) is 32.8 Å². The third-order valence-electron chi connectivity index (χ3n) is 2.08. The smallest absolute Gasteiger partial charge is 0.130 e. The minimum absolute atomic E-state index is 0.855. The summed E-state index contributed by atoms with van der Waals surface area (Å²) < 4.78 is 0.855. The predicted octanol–water partition coefficient (Wildman–Crippen LogP) is 3.84. The number of halogens is 1. The van der Waals surface area contributed by atoms with E-state index in [1.165, 1.54) is 10.4 Å². The maximum atomic E-state index is 4.50. The summed E-state index contributed by atoms with van der Waals surface area (Å²) in [6.45, 7) is 4.16. The summed E-state index contributed by atoms with van der Waals surface area (Å²) in [7, 11) is 0. The zero-order chi connectivity index (χ0) is 10.8. The van der Waals surface area contributed by atoms with E-state index in [4.69, 9.17) is 0 Å². The van der Waals surface area contributed by atoms with Crippen LogP contribution in [0.3, 0.4) is 0 Å². The summed E-state index contributed by atoms with van der Waals surface area (Å²) in [5, 5.41) is 2.13. The van der Waals surface area contributed by atoms with Crippen LogP contribution in [0.5, 0.6) is 0 Å². The van der Waals surface area contributed by atoms with Crippen LogP contribution in [0.1, 0.15) is 17.6 Å². The maximum absolute atomic E-state index is 4.50. The van der Waals surface area contributed by atoms with Crippen molar-refractivity contribution < 1.29 is 0 Å². The third kappa shape index (κ3) is 2.44. The van der Waals surface area contributed by atoms with Gasteiger partial charge in [-0.05, 0) is 35.0 Å². The van der Waals surface area contributed by atoms with E-state index in [-0.39, 0.29) is 0 Å². The molecule has 0 unspecified atom stereocenters. The Morgan fingerprint density at radius 1 is 1.33 bits per heavy atom. The van der Waals surface area contributed by atoms with Crippen LogP contribution in [0, 0.1) is 6.92 Å². The van der Waals surface area contributed by atoms with E-state index in [9.17, 15) is 0 Å². The number of hydrogen-bond acceptors (Lipinski definition) is 3. The number of aryl methyl sites for hydroxylation is 2. The second-order valence-electron chi connectivity index (χ2n) is 3.29. The molecular weight excluding hydrogens is 272 g/mol. The Balaban J connectivity index is 2.48.